The van der Waals surface area contributed by atoms with Crippen molar-refractivity contribution in [3.8, 4) is 0 Å². The largest absolute Gasteiger partial charge is 0.384 e. The van der Waals surface area contributed by atoms with Crippen molar-refractivity contribution in [2.45, 2.75) is 44.6 Å². The first-order valence-corrected chi connectivity index (χ1v) is 6.93. The second kappa shape index (κ2) is 5.85. The monoisotopic (exact) mass is 247 g/mol. The number of rotatable bonds is 5. The molecule has 1 aromatic carbocycles. The molecule has 2 nitrogen and oxygen atoms in total. The van der Waals surface area contributed by atoms with Crippen LogP contribution in [0.25, 0.3) is 0 Å². The van der Waals surface area contributed by atoms with E-state index in [1.54, 1.807) is 7.11 Å². The third kappa shape index (κ3) is 3.33. The van der Waals surface area contributed by atoms with Gasteiger partial charge in [-0.2, -0.15) is 0 Å². The molecule has 1 fully saturated rings. The zero-order valence-corrected chi connectivity index (χ0v) is 11.8. The summed E-state index contributed by atoms with van der Waals surface area (Å²) in [5.41, 5.74) is 2.89. The van der Waals surface area contributed by atoms with E-state index in [0.717, 1.165) is 13.0 Å². The van der Waals surface area contributed by atoms with E-state index in [1.807, 2.05) is 0 Å². The Kier molecular flexibility index (Phi) is 4.41. The third-order valence-corrected chi connectivity index (χ3v) is 3.89. The first kappa shape index (κ1) is 13.6. The van der Waals surface area contributed by atoms with E-state index in [4.69, 9.17) is 4.74 Å². The van der Waals surface area contributed by atoms with Gasteiger partial charge in [-0.15, -0.1) is 0 Å². The fourth-order valence-electron chi connectivity index (χ4n) is 2.75. The van der Waals surface area contributed by atoms with Crippen molar-refractivity contribution in [1.82, 2.24) is 5.32 Å². The summed E-state index contributed by atoms with van der Waals surface area (Å²) in [6, 6.07) is 9.73. The zero-order chi connectivity index (χ0) is 13.0. The van der Waals surface area contributed by atoms with Crippen molar-refractivity contribution in [1.29, 1.82) is 0 Å². The second-order valence-corrected chi connectivity index (χ2v) is 6.01. The maximum Gasteiger partial charge on any atom is 0.0553 e. The molecule has 1 aliphatic heterocycles. The Morgan fingerprint density at radius 3 is 2.56 bits per heavy atom. The van der Waals surface area contributed by atoms with Crippen LogP contribution in [0.3, 0.4) is 0 Å². The van der Waals surface area contributed by atoms with E-state index in [1.165, 1.54) is 30.5 Å². The summed E-state index contributed by atoms with van der Waals surface area (Å²) in [6.07, 6.45) is 3.80. The Hall–Kier alpha value is -0.860. The van der Waals surface area contributed by atoms with Gasteiger partial charge in [0.2, 0.25) is 0 Å². The quantitative estimate of drug-likeness (QED) is 0.864. The highest BCUT2D eigenvalue weighted by Gasteiger charge is 2.20. The van der Waals surface area contributed by atoms with Crippen LogP contribution in [0.15, 0.2) is 24.3 Å². The normalized spacial score (nSPS) is 20.3. The molecular weight excluding hydrogens is 222 g/mol. The maximum absolute atomic E-state index is 5.29. The molecule has 0 saturated carbocycles. The minimum Gasteiger partial charge on any atom is -0.384 e. The maximum atomic E-state index is 5.29. The molecule has 1 saturated heterocycles. The highest BCUT2D eigenvalue weighted by atomic mass is 16.5. The van der Waals surface area contributed by atoms with Crippen molar-refractivity contribution in [3.05, 3.63) is 35.4 Å². The molecular formula is C16H25NO. The van der Waals surface area contributed by atoms with Gasteiger partial charge in [-0.3, -0.25) is 0 Å². The zero-order valence-electron chi connectivity index (χ0n) is 11.8. The van der Waals surface area contributed by atoms with Gasteiger partial charge in [0.15, 0.2) is 0 Å². The minimum absolute atomic E-state index is 0.0961. The van der Waals surface area contributed by atoms with Crippen molar-refractivity contribution in [3.63, 3.8) is 0 Å². The van der Waals surface area contributed by atoms with Gasteiger partial charge in [0.1, 0.15) is 0 Å². The van der Waals surface area contributed by atoms with Crippen LogP contribution in [0, 0.1) is 0 Å². The minimum atomic E-state index is 0.0961. The molecule has 1 heterocycles. The third-order valence-electron chi connectivity index (χ3n) is 3.89. The number of benzene rings is 1. The van der Waals surface area contributed by atoms with Gasteiger partial charge in [-0.1, -0.05) is 38.1 Å². The van der Waals surface area contributed by atoms with Gasteiger partial charge in [0.05, 0.1) is 6.61 Å². The van der Waals surface area contributed by atoms with Crippen LogP contribution in [-0.2, 0) is 16.6 Å². The molecule has 1 aromatic rings. The second-order valence-electron chi connectivity index (χ2n) is 6.01. The molecule has 1 aliphatic rings. The lowest BCUT2D eigenvalue weighted by Crippen LogP contribution is -2.24. The molecule has 0 aliphatic carbocycles. The lowest BCUT2D eigenvalue weighted by molar-refractivity contribution is 0.146. The summed E-state index contributed by atoms with van der Waals surface area (Å²) in [6.45, 7) is 6.40. The van der Waals surface area contributed by atoms with E-state index < -0.39 is 0 Å². The van der Waals surface area contributed by atoms with Crippen molar-refractivity contribution in [2.75, 3.05) is 20.3 Å². The molecule has 0 aromatic heterocycles. The molecule has 0 bridgehead atoms. The van der Waals surface area contributed by atoms with E-state index >= 15 is 0 Å². The number of hydrogen-bond acceptors (Lipinski definition) is 2. The summed E-state index contributed by atoms with van der Waals surface area (Å²) in [5.74, 6) is 0. The van der Waals surface area contributed by atoms with E-state index in [0.29, 0.717) is 6.04 Å². The fourth-order valence-corrected chi connectivity index (χ4v) is 2.75. The van der Waals surface area contributed by atoms with Crippen molar-refractivity contribution >= 4 is 0 Å². The van der Waals surface area contributed by atoms with Crippen molar-refractivity contribution in [2.24, 2.45) is 0 Å². The fraction of sp³-hybridized carbons (Fsp3) is 0.625. The van der Waals surface area contributed by atoms with Gasteiger partial charge >= 0.3 is 0 Å². The Morgan fingerprint density at radius 1 is 1.28 bits per heavy atom. The van der Waals surface area contributed by atoms with Gasteiger partial charge in [-0.25, -0.2) is 0 Å². The SMILES string of the molecule is COCC(C)(C)c1ccc(CC2CCCN2)cc1. The van der Waals surface area contributed by atoms with Crippen LogP contribution in [-0.4, -0.2) is 26.3 Å². The van der Waals surface area contributed by atoms with Crippen LogP contribution in [0.4, 0.5) is 0 Å². The molecule has 1 atom stereocenters. The molecule has 2 rings (SSSR count). The van der Waals surface area contributed by atoms with Crippen LogP contribution in [0.1, 0.15) is 37.8 Å². The lowest BCUT2D eigenvalue weighted by Gasteiger charge is -2.24. The average Bonchev–Trinajstić information content (AvgIpc) is 2.82. The Bertz CT molecular complexity index is 363. The Balaban J connectivity index is 2.00. The number of nitrogens with one attached hydrogen (secondary N) is 1. The highest BCUT2D eigenvalue weighted by molar-refractivity contribution is 5.28. The molecule has 18 heavy (non-hydrogen) atoms. The lowest BCUT2D eigenvalue weighted by atomic mass is 9.85. The van der Waals surface area contributed by atoms with Gasteiger partial charge < -0.3 is 10.1 Å². The highest BCUT2D eigenvalue weighted by Crippen LogP contribution is 2.24. The van der Waals surface area contributed by atoms with Gasteiger partial charge in [0, 0.05) is 18.6 Å². The number of methoxy groups -OCH3 is 1. The van der Waals surface area contributed by atoms with Crippen molar-refractivity contribution < 1.29 is 4.74 Å². The molecule has 0 radical (unpaired) electrons. The summed E-state index contributed by atoms with van der Waals surface area (Å²) >= 11 is 0. The first-order valence-electron chi connectivity index (χ1n) is 6.93. The molecule has 0 spiro atoms. The number of hydrogen-bond donors (Lipinski definition) is 1. The first-order chi connectivity index (χ1) is 8.62. The summed E-state index contributed by atoms with van der Waals surface area (Å²) in [7, 11) is 1.77. The van der Waals surface area contributed by atoms with Crippen LogP contribution < -0.4 is 5.32 Å². The van der Waals surface area contributed by atoms with Crippen LogP contribution in [0.5, 0.6) is 0 Å². The standard InChI is InChI=1S/C16H25NO/c1-16(2,12-18-3)14-8-6-13(7-9-14)11-15-5-4-10-17-15/h6-9,15,17H,4-5,10-12H2,1-3H3. The van der Waals surface area contributed by atoms with Gasteiger partial charge in [-0.05, 0) is 36.9 Å². The van der Waals surface area contributed by atoms with Crippen LogP contribution >= 0.6 is 0 Å². The smallest absolute Gasteiger partial charge is 0.0553 e. The molecule has 1 N–H and O–H groups in total. The molecule has 0 amide bonds. The summed E-state index contributed by atoms with van der Waals surface area (Å²) in [5, 5.41) is 3.55. The topological polar surface area (TPSA) is 21.3 Å². The van der Waals surface area contributed by atoms with E-state index in [2.05, 4.69) is 43.4 Å². The Morgan fingerprint density at radius 2 is 2.00 bits per heavy atom. The molecule has 2 heteroatoms. The molecule has 1 unspecified atom stereocenters. The predicted octanol–water partition coefficient (Wildman–Crippen LogP) is 2.91. The predicted molar refractivity (Wildman–Crippen MR) is 76.1 cm³/mol. The van der Waals surface area contributed by atoms with E-state index in [-0.39, 0.29) is 5.41 Å². The van der Waals surface area contributed by atoms with Crippen LogP contribution in [0.2, 0.25) is 0 Å². The average molecular weight is 247 g/mol. The summed E-state index contributed by atoms with van der Waals surface area (Å²) in [4.78, 5) is 0. The van der Waals surface area contributed by atoms with E-state index in [9.17, 15) is 0 Å². The Labute approximate surface area is 111 Å². The van der Waals surface area contributed by atoms with Gasteiger partial charge in [0.25, 0.3) is 0 Å². The molecule has 100 valence electrons. The number of ether oxygens (including phenoxy) is 1. The summed E-state index contributed by atoms with van der Waals surface area (Å²) < 4.78 is 5.29.